The Bertz CT molecular complexity index is 975. The Morgan fingerprint density at radius 2 is 1.82 bits per heavy atom. The van der Waals surface area contributed by atoms with Gasteiger partial charge in [0.05, 0.1) is 12.8 Å². The molecule has 0 aliphatic heterocycles. The molecular weight excluding hydrogens is 465 g/mol. The maximum absolute atomic E-state index is 12.0. The van der Waals surface area contributed by atoms with Crippen molar-refractivity contribution in [2.75, 3.05) is 11.9 Å². The number of carbonyl (C=O) groups excluding carboxylic acids is 1. The predicted molar refractivity (Wildman–Crippen MR) is 121 cm³/mol. The van der Waals surface area contributed by atoms with Crippen LogP contribution in [0.25, 0.3) is 0 Å². The van der Waals surface area contributed by atoms with Crippen molar-refractivity contribution in [3.63, 3.8) is 0 Å². The lowest BCUT2D eigenvalue weighted by Gasteiger charge is -2.07. The molecule has 0 saturated heterocycles. The van der Waals surface area contributed by atoms with Crippen molar-refractivity contribution in [1.82, 2.24) is 5.43 Å². The molecule has 0 spiro atoms. The molecule has 0 radical (unpaired) electrons. The molecule has 0 fully saturated rings. The summed E-state index contributed by atoms with van der Waals surface area (Å²) in [6, 6.07) is 23.0. The summed E-state index contributed by atoms with van der Waals surface area (Å²) in [5.41, 5.74) is 5.42. The highest BCUT2D eigenvalue weighted by Crippen LogP contribution is 2.21. The van der Waals surface area contributed by atoms with E-state index in [4.69, 9.17) is 4.74 Å². The first kappa shape index (κ1) is 19.9. The molecule has 0 aliphatic carbocycles. The molecule has 28 heavy (non-hydrogen) atoms. The lowest BCUT2D eigenvalue weighted by atomic mass is 10.2. The Hall–Kier alpha value is -2.87. The van der Waals surface area contributed by atoms with Crippen molar-refractivity contribution in [3.8, 4) is 11.5 Å². The summed E-state index contributed by atoms with van der Waals surface area (Å²) in [5, 5.41) is 7.10. The minimum Gasteiger partial charge on any atom is -0.457 e. The van der Waals surface area contributed by atoms with Gasteiger partial charge in [-0.15, -0.1) is 0 Å². The number of benzene rings is 3. The molecule has 0 saturated carbocycles. The molecular formula is C22H20IN3O2. The lowest BCUT2D eigenvalue weighted by Crippen LogP contribution is -2.25. The van der Waals surface area contributed by atoms with Crippen LogP contribution in [0.3, 0.4) is 0 Å². The third kappa shape index (κ3) is 6.09. The second kappa shape index (κ2) is 9.89. The van der Waals surface area contributed by atoms with E-state index in [1.54, 1.807) is 6.21 Å². The molecule has 3 rings (SSSR count). The molecule has 0 atom stereocenters. The summed E-state index contributed by atoms with van der Waals surface area (Å²) in [7, 11) is 0. The highest BCUT2D eigenvalue weighted by Gasteiger charge is 2.02. The number of rotatable bonds is 7. The van der Waals surface area contributed by atoms with E-state index in [0.29, 0.717) is 5.75 Å². The van der Waals surface area contributed by atoms with Crippen molar-refractivity contribution in [2.45, 2.75) is 6.92 Å². The largest absolute Gasteiger partial charge is 0.457 e. The van der Waals surface area contributed by atoms with Crippen LogP contribution in [0, 0.1) is 10.5 Å². The molecule has 0 heterocycles. The molecule has 2 N–H and O–H groups in total. The SMILES string of the molecule is Cc1cc(NCC(=O)N/N=C/c2cccc(Oc3ccccc3)c2)ccc1I. The highest BCUT2D eigenvalue weighted by atomic mass is 127. The van der Waals surface area contributed by atoms with Crippen LogP contribution < -0.4 is 15.5 Å². The zero-order valence-electron chi connectivity index (χ0n) is 15.4. The number of hydrogen-bond acceptors (Lipinski definition) is 4. The molecule has 0 aliphatic rings. The zero-order chi connectivity index (χ0) is 19.8. The monoisotopic (exact) mass is 485 g/mol. The third-order valence-electron chi connectivity index (χ3n) is 3.85. The van der Waals surface area contributed by atoms with E-state index in [1.165, 1.54) is 9.13 Å². The first-order valence-corrected chi connectivity index (χ1v) is 9.83. The molecule has 1 amide bonds. The Kier molecular flexibility index (Phi) is 7.02. The van der Waals surface area contributed by atoms with Crippen LogP contribution in [0.5, 0.6) is 11.5 Å². The molecule has 0 aromatic heterocycles. The number of nitrogens with zero attached hydrogens (tertiary/aromatic N) is 1. The number of halogens is 1. The summed E-state index contributed by atoms with van der Waals surface area (Å²) in [6.07, 6.45) is 1.59. The van der Waals surface area contributed by atoms with Crippen molar-refractivity contribution in [3.05, 3.63) is 87.5 Å². The van der Waals surface area contributed by atoms with E-state index >= 15 is 0 Å². The summed E-state index contributed by atoms with van der Waals surface area (Å²) < 4.78 is 6.98. The summed E-state index contributed by atoms with van der Waals surface area (Å²) in [5.74, 6) is 1.25. The fourth-order valence-electron chi connectivity index (χ4n) is 2.44. The van der Waals surface area contributed by atoms with E-state index in [0.717, 1.165) is 17.0 Å². The van der Waals surface area contributed by atoms with Gasteiger partial charge in [-0.1, -0.05) is 30.3 Å². The lowest BCUT2D eigenvalue weighted by molar-refractivity contribution is -0.119. The number of para-hydroxylation sites is 1. The second-order valence-electron chi connectivity index (χ2n) is 6.10. The Balaban J connectivity index is 1.50. The number of aryl methyl sites for hydroxylation is 1. The minimum atomic E-state index is -0.218. The van der Waals surface area contributed by atoms with Gasteiger partial charge in [-0.2, -0.15) is 5.10 Å². The van der Waals surface area contributed by atoms with E-state index < -0.39 is 0 Å². The molecule has 0 bridgehead atoms. The normalized spacial score (nSPS) is 10.6. The Morgan fingerprint density at radius 3 is 2.61 bits per heavy atom. The molecule has 3 aromatic carbocycles. The number of anilines is 1. The zero-order valence-corrected chi connectivity index (χ0v) is 17.5. The van der Waals surface area contributed by atoms with Gasteiger partial charge in [-0.3, -0.25) is 4.79 Å². The standard InChI is InChI=1S/C22H20IN3O2/c1-16-12-18(10-11-21(16)23)24-15-22(27)26-25-14-17-6-5-9-20(13-17)28-19-7-3-2-4-8-19/h2-14,24H,15H2,1H3,(H,26,27)/b25-14+. The predicted octanol–water partition coefficient (Wildman–Crippen LogP) is 4.95. The Morgan fingerprint density at radius 1 is 1.04 bits per heavy atom. The number of carbonyl (C=O) groups is 1. The van der Waals surface area contributed by atoms with Gasteiger partial charge in [0.15, 0.2) is 0 Å². The number of ether oxygens (including phenoxy) is 1. The van der Waals surface area contributed by atoms with Gasteiger partial charge in [-0.25, -0.2) is 5.43 Å². The quantitative estimate of drug-likeness (QED) is 0.283. The molecule has 5 nitrogen and oxygen atoms in total. The van der Waals surface area contributed by atoms with Gasteiger partial charge in [0.1, 0.15) is 11.5 Å². The van der Waals surface area contributed by atoms with Crippen LogP contribution >= 0.6 is 22.6 Å². The van der Waals surface area contributed by atoms with E-state index in [1.807, 2.05) is 79.7 Å². The maximum atomic E-state index is 12.0. The van der Waals surface area contributed by atoms with Crippen LogP contribution in [0.4, 0.5) is 5.69 Å². The van der Waals surface area contributed by atoms with Crippen molar-refractivity contribution >= 4 is 40.4 Å². The summed E-state index contributed by atoms with van der Waals surface area (Å²) >= 11 is 2.28. The van der Waals surface area contributed by atoms with E-state index in [-0.39, 0.29) is 12.5 Å². The third-order valence-corrected chi connectivity index (χ3v) is 5.06. The van der Waals surface area contributed by atoms with Gasteiger partial charge in [0, 0.05) is 9.26 Å². The van der Waals surface area contributed by atoms with Crippen LogP contribution in [0.15, 0.2) is 77.9 Å². The van der Waals surface area contributed by atoms with Gasteiger partial charge < -0.3 is 10.1 Å². The average molecular weight is 485 g/mol. The van der Waals surface area contributed by atoms with Crippen LogP contribution in [0.1, 0.15) is 11.1 Å². The van der Waals surface area contributed by atoms with Crippen LogP contribution in [0.2, 0.25) is 0 Å². The van der Waals surface area contributed by atoms with Crippen molar-refractivity contribution < 1.29 is 9.53 Å². The number of hydrazone groups is 1. The van der Waals surface area contributed by atoms with Crippen LogP contribution in [-0.4, -0.2) is 18.7 Å². The van der Waals surface area contributed by atoms with E-state index in [2.05, 4.69) is 38.4 Å². The van der Waals surface area contributed by atoms with Crippen molar-refractivity contribution in [1.29, 1.82) is 0 Å². The first-order valence-electron chi connectivity index (χ1n) is 8.75. The summed E-state index contributed by atoms with van der Waals surface area (Å²) in [6.45, 7) is 2.18. The number of hydrogen-bond donors (Lipinski definition) is 2. The Labute approximate surface area is 178 Å². The fourth-order valence-corrected chi connectivity index (χ4v) is 2.77. The molecule has 0 unspecified atom stereocenters. The van der Waals surface area contributed by atoms with Crippen LogP contribution in [-0.2, 0) is 4.79 Å². The van der Waals surface area contributed by atoms with Gasteiger partial charge in [0.2, 0.25) is 0 Å². The smallest absolute Gasteiger partial charge is 0.259 e. The molecule has 142 valence electrons. The topological polar surface area (TPSA) is 62.7 Å². The maximum Gasteiger partial charge on any atom is 0.259 e. The van der Waals surface area contributed by atoms with E-state index in [9.17, 15) is 4.79 Å². The molecule has 3 aromatic rings. The number of nitrogens with one attached hydrogen (secondary N) is 2. The first-order chi connectivity index (χ1) is 13.6. The van der Waals surface area contributed by atoms with Crippen molar-refractivity contribution in [2.24, 2.45) is 5.10 Å². The number of amides is 1. The minimum absolute atomic E-state index is 0.147. The highest BCUT2D eigenvalue weighted by molar-refractivity contribution is 14.1. The fraction of sp³-hybridized carbons (Fsp3) is 0.0909. The summed E-state index contributed by atoms with van der Waals surface area (Å²) in [4.78, 5) is 12.0. The average Bonchev–Trinajstić information content (AvgIpc) is 2.70. The molecule has 6 heteroatoms. The second-order valence-corrected chi connectivity index (χ2v) is 7.26. The van der Waals surface area contributed by atoms with Gasteiger partial charge >= 0.3 is 0 Å². The van der Waals surface area contributed by atoms with Gasteiger partial charge in [-0.05, 0) is 83.1 Å². The van der Waals surface area contributed by atoms with Gasteiger partial charge in [0.25, 0.3) is 5.91 Å².